The van der Waals surface area contributed by atoms with Crippen LogP contribution >= 0.6 is 0 Å². The van der Waals surface area contributed by atoms with Crippen LogP contribution in [0.2, 0.25) is 0 Å². The normalized spacial score (nSPS) is 15.1. The maximum Gasteiger partial charge on any atom is 0.307 e. The number of carboxylic acids is 1. The Morgan fingerprint density at radius 3 is 2.56 bits per heavy atom. The molecule has 0 spiro atoms. The van der Waals surface area contributed by atoms with Gasteiger partial charge in [0.05, 0.1) is 19.1 Å². The molecule has 0 atom stereocenters. The van der Waals surface area contributed by atoms with Crippen molar-refractivity contribution >= 4 is 11.9 Å². The van der Waals surface area contributed by atoms with Gasteiger partial charge in [-0.15, -0.1) is 0 Å². The van der Waals surface area contributed by atoms with E-state index in [4.69, 9.17) is 9.84 Å². The molecule has 0 aliphatic heterocycles. The summed E-state index contributed by atoms with van der Waals surface area (Å²) >= 11 is 0. The summed E-state index contributed by atoms with van der Waals surface area (Å²) in [5.74, 6) is -0.333. The van der Waals surface area contributed by atoms with E-state index in [1.807, 2.05) is 24.3 Å². The molecule has 5 nitrogen and oxygen atoms in total. The van der Waals surface area contributed by atoms with Gasteiger partial charge in [0.2, 0.25) is 0 Å². The summed E-state index contributed by atoms with van der Waals surface area (Å²) < 4.78 is 5.29. The monoisotopic (exact) mass is 339 g/mol. The summed E-state index contributed by atoms with van der Waals surface area (Å²) in [5, 5.41) is 12.1. The Hall–Kier alpha value is -2.82. The van der Waals surface area contributed by atoms with Gasteiger partial charge in [0, 0.05) is 5.56 Å². The van der Waals surface area contributed by atoms with Crippen LogP contribution in [0.3, 0.4) is 0 Å². The molecule has 0 saturated heterocycles. The summed E-state index contributed by atoms with van der Waals surface area (Å²) in [6.45, 7) is 0. The first-order chi connectivity index (χ1) is 12.0. The fourth-order valence-corrected chi connectivity index (χ4v) is 3.22. The van der Waals surface area contributed by atoms with Crippen LogP contribution < -0.4 is 10.1 Å². The zero-order valence-electron chi connectivity index (χ0n) is 14.1. The van der Waals surface area contributed by atoms with Crippen molar-refractivity contribution in [2.75, 3.05) is 7.11 Å². The molecular formula is C20H21NO4. The van der Waals surface area contributed by atoms with Gasteiger partial charge in [-0.2, -0.15) is 0 Å². The molecule has 1 amide bonds. The summed E-state index contributed by atoms with van der Waals surface area (Å²) in [4.78, 5) is 23.6. The highest BCUT2D eigenvalue weighted by molar-refractivity contribution is 5.95. The lowest BCUT2D eigenvalue weighted by Gasteiger charge is -2.43. The van der Waals surface area contributed by atoms with Gasteiger partial charge < -0.3 is 15.2 Å². The highest BCUT2D eigenvalue weighted by Crippen LogP contribution is 2.42. The standard InChI is InChI=1S/C20H21NO4/c1-25-17-8-3-7-16(13-17)20(9-4-10-20)21-19(24)15-6-2-5-14(11-15)12-18(22)23/h2-3,5-8,11,13H,4,9-10,12H2,1H3,(H,21,24)(H,22,23). The maximum atomic E-state index is 12.7. The number of carbonyl (C=O) groups excluding carboxylic acids is 1. The molecule has 2 aromatic rings. The highest BCUT2D eigenvalue weighted by atomic mass is 16.5. The molecule has 0 aromatic heterocycles. The molecule has 2 aromatic carbocycles. The Balaban J connectivity index is 1.82. The summed E-state index contributed by atoms with van der Waals surface area (Å²) in [6.07, 6.45) is 2.71. The average molecular weight is 339 g/mol. The Bertz CT molecular complexity index is 796. The fraction of sp³-hybridized carbons (Fsp3) is 0.300. The molecule has 0 bridgehead atoms. The van der Waals surface area contributed by atoms with E-state index in [1.165, 1.54) is 0 Å². The van der Waals surface area contributed by atoms with Crippen molar-refractivity contribution in [2.24, 2.45) is 0 Å². The number of benzene rings is 2. The minimum atomic E-state index is -0.913. The largest absolute Gasteiger partial charge is 0.497 e. The summed E-state index contributed by atoms with van der Waals surface area (Å²) in [7, 11) is 1.62. The summed E-state index contributed by atoms with van der Waals surface area (Å²) in [6, 6.07) is 14.5. The van der Waals surface area contributed by atoms with Gasteiger partial charge in [0.1, 0.15) is 5.75 Å². The summed E-state index contributed by atoms with van der Waals surface area (Å²) in [5.41, 5.74) is 1.75. The highest BCUT2D eigenvalue weighted by Gasteiger charge is 2.40. The number of nitrogens with one attached hydrogen (secondary N) is 1. The Morgan fingerprint density at radius 1 is 1.16 bits per heavy atom. The number of carbonyl (C=O) groups is 2. The Kier molecular flexibility index (Phi) is 4.74. The number of hydrogen-bond donors (Lipinski definition) is 2. The average Bonchev–Trinajstić information content (AvgIpc) is 2.57. The second-order valence-electron chi connectivity index (χ2n) is 6.39. The number of methoxy groups -OCH3 is 1. The van der Waals surface area contributed by atoms with E-state index in [0.29, 0.717) is 11.1 Å². The van der Waals surface area contributed by atoms with Crippen LogP contribution in [0.5, 0.6) is 5.75 Å². The third-order valence-electron chi connectivity index (χ3n) is 4.73. The van der Waals surface area contributed by atoms with Crippen molar-refractivity contribution in [3.05, 3.63) is 65.2 Å². The van der Waals surface area contributed by atoms with Gasteiger partial charge >= 0.3 is 5.97 Å². The van der Waals surface area contributed by atoms with E-state index in [-0.39, 0.29) is 17.9 Å². The van der Waals surface area contributed by atoms with Crippen molar-refractivity contribution in [1.82, 2.24) is 5.32 Å². The second-order valence-corrected chi connectivity index (χ2v) is 6.39. The van der Waals surface area contributed by atoms with Gasteiger partial charge in [-0.3, -0.25) is 9.59 Å². The number of aliphatic carboxylic acids is 1. The molecule has 1 aliphatic carbocycles. The van der Waals surface area contributed by atoms with Gasteiger partial charge in [0.25, 0.3) is 5.91 Å². The number of hydrogen-bond acceptors (Lipinski definition) is 3. The van der Waals surface area contributed by atoms with Crippen LogP contribution in [0.15, 0.2) is 48.5 Å². The van der Waals surface area contributed by atoms with Crippen molar-refractivity contribution in [2.45, 2.75) is 31.2 Å². The first-order valence-electron chi connectivity index (χ1n) is 8.30. The predicted octanol–water partition coefficient (Wildman–Crippen LogP) is 3.13. The van der Waals surface area contributed by atoms with E-state index in [9.17, 15) is 9.59 Å². The third kappa shape index (κ3) is 3.65. The van der Waals surface area contributed by atoms with Crippen molar-refractivity contribution in [1.29, 1.82) is 0 Å². The van der Waals surface area contributed by atoms with Crippen LogP contribution in [-0.2, 0) is 16.8 Å². The predicted molar refractivity (Wildman–Crippen MR) is 93.8 cm³/mol. The first-order valence-corrected chi connectivity index (χ1v) is 8.30. The van der Waals surface area contributed by atoms with Gasteiger partial charge in [-0.1, -0.05) is 24.3 Å². The molecule has 25 heavy (non-hydrogen) atoms. The molecule has 3 rings (SSSR count). The molecule has 5 heteroatoms. The number of ether oxygens (including phenoxy) is 1. The number of carboxylic acid groups (broad SMARTS) is 1. The zero-order valence-corrected chi connectivity index (χ0v) is 14.1. The maximum absolute atomic E-state index is 12.7. The van der Waals surface area contributed by atoms with Gasteiger partial charge in [-0.25, -0.2) is 0 Å². The molecule has 130 valence electrons. The molecule has 0 heterocycles. The Labute approximate surface area is 146 Å². The first kappa shape index (κ1) is 17.0. The topological polar surface area (TPSA) is 75.6 Å². The second kappa shape index (κ2) is 6.97. The molecule has 1 fully saturated rings. The third-order valence-corrected chi connectivity index (χ3v) is 4.73. The van der Waals surface area contributed by atoms with E-state index in [0.717, 1.165) is 30.6 Å². The molecule has 0 unspecified atom stereocenters. The SMILES string of the molecule is COc1cccc(C2(NC(=O)c3cccc(CC(=O)O)c3)CCC2)c1. The van der Waals surface area contributed by atoms with Crippen molar-refractivity contribution in [3.8, 4) is 5.75 Å². The minimum Gasteiger partial charge on any atom is -0.497 e. The molecule has 2 N–H and O–H groups in total. The van der Waals surface area contributed by atoms with Crippen LogP contribution in [-0.4, -0.2) is 24.1 Å². The van der Waals surface area contributed by atoms with Crippen LogP contribution in [0, 0.1) is 0 Å². The fourth-order valence-electron chi connectivity index (χ4n) is 3.22. The number of amides is 1. The number of rotatable bonds is 6. The van der Waals surface area contributed by atoms with Crippen LogP contribution in [0.1, 0.15) is 40.7 Å². The van der Waals surface area contributed by atoms with E-state index < -0.39 is 5.97 Å². The lowest BCUT2D eigenvalue weighted by atomic mass is 9.71. The Morgan fingerprint density at radius 2 is 1.92 bits per heavy atom. The molecule has 1 saturated carbocycles. The quantitative estimate of drug-likeness (QED) is 0.848. The molecule has 0 radical (unpaired) electrons. The smallest absolute Gasteiger partial charge is 0.307 e. The lowest BCUT2D eigenvalue weighted by Crippen LogP contribution is -2.50. The van der Waals surface area contributed by atoms with Gasteiger partial charge in [0.15, 0.2) is 0 Å². The molecular weight excluding hydrogens is 318 g/mol. The lowest BCUT2D eigenvalue weighted by molar-refractivity contribution is -0.136. The van der Waals surface area contributed by atoms with E-state index >= 15 is 0 Å². The van der Waals surface area contributed by atoms with E-state index in [2.05, 4.69) is 5.32 Å². The minimum absolute atomic E-state index is 0.0951. The molecule has 1 aliphatic rings. The van der Waals surface area contributed by atoms with Crippen molar-refractivity contribution < 1.29 is 19.4 Å². The van der Waals surface area contributed by atoms with Crippen LogP contribution in [0.25, 0.3) is 0 Å². The zero-order chi connectivity index (χ0) is 17.9. The van der Waals surface area contributed by atoms with E-state index in [1.54, 1.807) is 31.4 Å². The van der Waals surface area contributed by atoms with Crippen molar-refractivity contribution in [3.63, 3.8) is 0 Å². The van der Waals surface area contributed by atoms with Crippen LogP contribution in [0.4, 0.5) is 0 Å². The van der Waals surface area contributed by atoms with Gasteiger partial charge in [-0.05, 0) is 54.7 Å².